The van der Waals surface area contributed by atoms with Gasteiger partial charge in [0.1, 0.15) is 0 Å². The lowest BCUT2D eigenvalue weighted by Gasteiger charge is -2.21. The lowest BCUT2D eigenvalue weighted by Crippen LogP contribution is -2.42. The van der Waals surface area contributed by atoms with Crippen molar-refractivity contribution < 1.29 is 0 Å². The molecule has 22 heavy (non-hydrogen) atoms. The molecule has 1 fully saturated rings. The summed E-state index contributed by atoms with van der Waals surface area (Å²) in [6.07, 6.45) is 3.75. The predicted octanol–water partition coefficient (Wildman–Crippen LogP) is 1.84. The van der Waals surface area contributed by atoms with Crippen molar-refractivity contribution in [3.63, 3.8) is 0 Å². The normalized spacial score (nSPS) is 18.0. The van der Waals surface area contributed by atoms with Crippen LogP contribution in [0.25, 0.3) is 0 Å². The molecular formula is C16H36IN5. The molecule has 0 aromatic carbocycles. The zero-order valence-electron chi connectivity index (χ0n) is 14.9. The highest BCUT2D eigenvalue weighted by molar-refractivity contribution is 14.0. The summed E-state index contributed by atoms with van der Waals surface area (Å²) < 4.78 is 0. The Balaban J connectivity index is 0.00000441. The average Bonchev–Trinajstić information content (AvgIpc) is 2.66. The molecule has 0 aromatic rings. The molecule has 1 saturated heterocycles. The number of nitrogens with zero attached hydrogens (tertiary/aromatic N) is 3. The predicted molar refractivity (Wildman–Crippen MR) is 107 cm³/mol. The molecular weight excluding hydrogens is 389 g/mol. The lowest BCUT2D eigenvalue weighted by molar-refractivity contribution is 0.280. The van der Waals surface area contributed by atoms with Crippen LogP contribution in [0.5, 0.6) is 0 Å². The Morgan fingerprint density at radius 1 is 1.09 bits per heavy atom. The number of guanidine groups is 1. The van der Waals surface area contributed by atoms with Crippen molar-refractivity contribution >= 4 is 29.9 Å². The minimum atomic E-state index is 0. The van der Waals surface area contributed by atoms with Crippen LogP contribution in [0.2, 0.25) is 0 Å². The van der Waals surface area contributed by atoms with Gasteiger partial charge >= 0.3 is 0 Å². The molecule has 0 atom stereocenters. The summed E-state index contributed by atoms with van der Waals surface area (Å²) in [5.41, 5.74) is 0. The van der Waals surface area contributed by atoms with E-state index in [0.29, 0.717) is 0 Å². The third-order valence-electron chi connectivity index (χ3n) is 4.01. The molecule has 0 saturated carbocycles. The minimum Gasteiger partial charge on any atom is -0.356 e. The SMILES string of the molecule is CN=C(NCCCC(C)C)NCCN1CCCN(C)CC1.I. The first-order valence-electron chi connectivity index (χ1n) is 8.47. The molecule has 1 rings (SSSR count). The van der Waals surface area contributed by atoms with Crippen LogP contribution in [0.15, 0.2) is 4.99 Å². The molecule has 132 valence electrons. The summed E-state index contributed by atoms with van der Waals surface area (Å²) in [5.74, 6) is 1.72. The first-order chi connectivity index (χ1) is 10.1. The highest BCUT2D eigenvalue weighted by atomic mass is 127. The first-order valence-corrected chi connectivity index (χ1v) is 8.47. The molecule has 0 spiro atoms. The third-order valence-corrected chi connectivity index (χ3v) is 4.01. The molecule has 1 aliphatic rings. The fraction of sp³-hybridized carbons (Fsp3) is 0.938. The zero-order valence-corrected chi connectivity index (χ0v) is 17.2. The number of nitrogens with one attached hydrogen (secondary N) is 2. The van der Waals surface area contributed by atoms with Crippen molar-refractivity contribution in [1.29, 1.82) is 0 Å². The van der Waals surface area contributed by atoms with Crippen molar-refractivity contribution in [3.05, 3.63) is 0 Å². The van der Waals surface area contributed by atoms with Gasteiger partial charge in [-0.1, -0.05) is 13.8 Å². The van der Waals surface area contributed by atoms with Crippen LogP contribution in [0.4, 0.5) is 0 Å². The molecule has 0 radical (unpaired) electrons. The number of hydrogen-bond donors (Lipinski definition) is 2. The number of hydrogen-bond acceptors (Lipinski definition) is 3. The topological polar surface area (TPSA) is 42.9 Å². The van der Waals surface area contributed by atoms with Gasteiger partial charge in [0.25, 0.3) is 0 Å². The Morgan fingerprint density at radius 2 is 1.82 bits per heavy atom. The number of likely N-dealkylation sites (N-methyl/N-ethyl adjacent to an activating group) is 1. The number of halogens is 1. The number of rotatable bonds is 7. The first kappa shape index (κ1) is 21.9. The van der Waals surface area contributed by atoms with Gasteiger partial charge in [-0.2, -0.15) is 0 Å². The second-order valence-electron chi connectivity index (χ2n) is 6.46. The molecule has 1 heterocycles. The molecule has 0 unspecified atom stereocenters. The van der Waals surface area contributed by atoms with E-state index in [9.17, 15) is 0 Å². The van der Waals surface area contributed by atoms with Crippen LogP contribution in [-0.2, 0) is 0 Å². The van der Waals surface area contributed by atoms with Crippen molar-refractivity contribution in [2.75, 3.05) is 59.9 Å². The molecule has 6 heteroatoms. The van der Waals surface area contributed by atoms with Crippen LogP contribution in [0.3, 0.4) is 0 Å². The van der Waals surface area contributed by atoms with E-state index in [1.807, 2.05) is 7.05 Å². The zero-order chi connectivity index (χ0) is 15.5. The van der Waals surface area contributed by atoms with Gasteiger partial charge in [0, 0.05) is 39.8 Å². The van der Waals surface area contributed by atoms with E-state index in [1.54, 1.807) is 0 Å². The van der Waals surface area contributed by atoms with E-state index in [2.05, 4.69) is 46.3 Å². The highest BCUT2D eigenvalue weighted by Crippen LogP contribution is 2.01. The molecule has 0 bridgehead atoms. The maximum atomic E-state index is 4.29. The second-order valence-corrected chi connectivity index (χ2v) is 6.46. The van der Waals surface area contributed by atoms with Gasteiger partial charge in [-0.3, -0.25) is 4.99 Å². The molecule has 0 aromatic heterocycles. The summed E-state index contributed by atoms with van der Waals surface area (Å²) in [7, 11) is 4.06. The van der Waals surface area contributed by atoms with E-state index in [0.717, 1.165) is 31.5 Å². The Hall–Kier alpha value is -0.0800. The quantitative estimate of drug-likeness (QED) is 0.283. The molecule has 0 amide bonds. The lowest BCUT2D eigenvalue weighted by atomic mass is 10.1. The van der Waals surface area contributed by atoms with E-state index in [1.165, 1.54) is 45.4 Å². The Morgan fingerprint density at radius 3 is 2.50 bits per heavy atom. The van der Waals surface area contributed by atoms with Crippen LogP contribution < -0.4 is 10.6 Å². The van der Waals surface area contributed by atoms with E-state index >= 15 is 0 Å². The fourth-order valence-electron chi connectivity index (χ4n) is 2.59. The van der Waals surface area contributed by atoms with E-state index < -0.39 is 0 Å². The summed E-state index contributed by atoms with van der Waals surface area (Å²) in [6, 6.07) is 0. The van der Waals surface area contributed by atoms with Gasteiger partial charge < -0.3 is 20.4 Å². The van der Waals surface area contributed by atoms with Gasteiger partial charge in [-0.25, -0.2) is 0 Å². The maximum absolute atomic E-state index is 4.29. The third kappa shape index (κ3) is 10.6. The van der Waals surface area contributed by atoms with Crippen LogP contribution in [0, 0.1) is 5.92 Å². The monoisotopic (exact) mass is 425 g/mol. The molecule has 2 N–H and O–H groups in total. The summed E-state index contributed by atoms with van der Waals surface area (Å²) in [6.45, 7) is 12.4. The Labute approximate surface area is 154 Å². The van der Waals surface area contributed by atoms with Gasteiger partial charge in [0.05, 0.1) is 0 Å². The van der Waals surface area contributed by atoms with Crippen LogP contribution in [0.1, 0.15) is 33.1 Å². The van der Waals surface area contributed by atoms with E-state index in [4.69, 9.17) is 0 Å². The Bertz CT molecular complexity index is 296. The summed E-state index contributed by atoms with van der Waals surface area (Å²) in [5, 5.41) is 6.81. The Kier molecular flexibility index (Phi) is 13.3. The van der Waals surface area contributed by atoms with E-state index in [-0.39, 0.29) is 24.0 Å². The average molecular weight is 425 g/mol. The smallest absolute Gasteiger partial charge is 0.191 e. The van der Waals surface area contributed by atoms with Gasteiger partial charge in [-0.15, -0.1) is 24.0 Å². The van der Waals surface area contributed by atoms with Crippen molar-refractivity contribution in [2.45, 2.75) is 33.1 Å². The van der Waals surface area contributed by atoms with Crippen molar-refractivity contribution in [1.82, 2.24) is 20.4 Å². The van der Waals surface area contributed by atoms with Crippen LogP contribution >= 0.6 is 24.0 Å². The largest absolute Gasteiger partial charge is 0.356 e. The molecule has 0 aliphatic carbocycles. The van der Waals surface area contributed by atoms with Gasteiger partial charge in [0.2, 0.25) is 0 Å². The molecule has 5 nitrogen and oxygen atoms in total. The van der Waals surface area contributed by atoms with Crippen LogP contribution in [-0.4, -0.2) is 75.7 Å². The van der Waals surface area contributed by atoms with Crippen molar-refractivity contribution in [2.24, 2.45) is 10.9 Å². The highest BCUT2D eigenvalue weighted by Gasteiger charge is 2.11. The maximum Gasteiger partial charge on any atom is 0.191 e. The summed E-state index contributed by atoms with van der Waals surface area (Å²) in [4.78, 5) is 9.25. The summed E-state index contributed by atoms with van der Waals surface area (Å²) >= 11 is 0. The van der Waals surface area contributed by atoms with Gasteiger partial charge in [0.15, 0.2) is 5.96 Å². The molecule has 1 aliphatic heterocycles. The second kappa shape index (κ2) is 13.4. The number of aliphatic imine (C=N–C) groups is 1. The standard InChI is InChI=1S/C16H35N5.HI/c1-15(2)7-5-8-18-16(17-3)19-9-12-21-11-6-10-20(4)13-14-21;/h15H,5-14H2,1-4H3,(H2,17,18,19);1H. The fourth-order valence-corrected chi connectivity index (χ4v) is 2.59. The van der Waals surface area contributed by atoms with Crippen molar-refractivity contribution in [3.8, 4) is 0 Å². The van der Waals surface area contributed by atoms with Gasteiger partial charge in [-0.05, 0) is 45.3 Å². The minimum absolute atomic E-state index is 0.